The molecular formula is C16H20N6O. The van der Waals surface area contributed by atoms with Gasteiger partial charge < -0.3 is 14.8 Å². The molecule has 0 saturated heterocycles. The van der Waals surface area contributed by atoms with E-state index in [0.29, 0.717) is 6.54 Å². The van der Waals surface area contributed by atoms with Crippen molar-refractivity contribution in [1.82, 2.24) is 24.2 Å². The first-order valence-electron chi connectivity index (χ1n) is 7.46. The molecule has 0 aliphatic carbocycles. The number of likely N-dealkylation sites (N-methyl/N-ethyl adjacent to an activating group) is 1. The summed E-state index contributed by atoms with van der Waals surface area (Å²) in [5.41, 5.74) is 1.80. The Morgan fingerprint density at radius 3 is 2.96 bits per heavy atom. The van der Waals surface area contributed by atoms with E-state index in [-0.39, 0.29) is 6.03 Å². The zero-order valence-electron chi connectivity index (χ0n) is 13.5. The highest BCUT2D eigenvalue weighted by Gasteiger charge is 2.10. The Hall–Kier alpha value is -2.83. The molecule has 0 unspecified atom stereocenters. The molecule has 2 amide bonds. The number of imidazole rings is 1. The summed E-state index contributed by atoms with van der Waals surface area (Å²) in [7, 11) is 3.68. The standard InChI is InChI=1S/C16H20N6O/c1-12-17-6-7-22(12)9-8-20(2)16(23)19-14-4-5-15-13(10-14)11-18-21(15)3/h4-7,10-11H,8-9H2,1-3H3,(H,19,23). The zero-order valence-corrected chi connectivity index (χ0v) is 13.5. The van der Waals surface area contributed by atoms with Gasteiger partial charge in [0.2, 0.25) is 0 Å². The van der Waals surface area contributed by atoms with Gasteiger partial charge in [0.15, 0.2) is 0 Å². The number of hydrogen-bond acceptors (Lipinski definition) is 3. The van der Waals surface area contributed by atoms with Crippen molar-refractivity contribution in [1.29, 1.82) is 0 Å². The number of fused-ring (bicyclic) bond motifs is 1. The summed E-state index contributed by atoms with van der Waals surface area (Å²) in [6.45, 7) is 3.28. The average molecular weight is 312 g/mol. The summed E-state index contributed by atoms with van der Waals surface area (Å²) in [5.74, 6) is 0.945. The van der Waals surface area contributed by atoms with Crippen LogP contribution in [0.15, 0.2) is 36.8 Å². The highest BCUT2D eigenvalue weighted by molar-refractivity contribution is 5.92. The Balaban J connectivity index is 1.61. The van der Waals surface area contributed by atoms with Crippen LogP contribution in [0.25, 0.3) is 10.9 Å². The number of carbonyl (C=O) groups excluding carboxylic acids is 1. The number of urea groups is 1. The fourth-order valence-electron chi connectivity index (χ4n) is 2.46. The van der Waals surface area contributed by atoms with Crippen molar-refractivity contribution in [3.63, 3.8) is 0 Å². The topological polar surface area (TPSA) is 68.0 Å². The van der Waals surface area contributed by atoms with E-state index in [2.05, 4.69) is 15.4 Å². The fourth-order valence-corrected chi connectivity index (χ4v) is 2.46. The zero-order chi connectivity index (χ0) is 16.4. The fraction of sp³-hybridized carbons (Fsp3) is 0.312. The van der Waals surface area contributed by atoms with E-state index in [9.17, 15) is 4.79 Å². The van der Waals surface area contributed by atoms with E-state index < -0.39 is 0 Å². The van der Waals surface area contributed by atoms with Gasteiger partial charge in [-0.05, 0) is 25.1 Å². The number of hydrogen-bond donors (Lipinski definition) is 1. The van der Waals surface area contributed by atoms with Crippen molar-refractivity contribution >= 4 is 22.6 Å². The van der Waals surface area contributed by atoms with Gasteiger partial charge in [-0.1, -0.05) is 0 Å². The van der Waals surface area contributed by atoms with Crippen molar-refractivity contribution < 1.29 is 4.79 Å². The highest BCUT2D eigenvalue weighted by atomic mass is 16.2. The van der Waals surface area contributed by atoms with E-state index in [4.69, 9.17) is 0 Å². The van der Waals surface area contributed by atoms with Crippen LogP contribution in [0.4, 0.5) is 10.5 Å². The SMILES string of the molecule is Cc1nccn1CCN(C)C(=O)Nc1ccc2c(cnn2C)c1. The van der Waals surface area contributed by atoms with Crippen LogP contribution >= 0.6 is 0 Å². The molecule has 7 heteroatoms. The molecule has 23 heavy (non-hydrogen) atoms. The Kier molecular flexibility index (Phi) is 4.01. The molecule has 1 aromatic carbocycles. The minimum absolute atomic E-state index is 0.133. The molecule has 0 radical (unpaired) electrons. The maximum Gasteiger partial charge on any atom is 0.321 e. The number of nitrogens with zero attached hydrogens (tertiary/aromatic N) is 5. The number of rotatable bonds is 4. The van der Waals surface area contributed by atoms with Crippen molar-refractivity contribution in [2.45, 2.75) is 13.5 Å². The van der Waals surface area contributed by atoms with Gasteiger partial charge in [0.05, 0.1) is 11.7 Å². The molecular weight excluding hydrogens is 292 g/mol. The minimum Gasteiger partial charge on any atom is -0.333 e. The summed E-state index contributed by atoms with van der Waals surface area (Å²) >= 11 is 0. The average Bonchev–Trinajstić information content (AvgIpc) is 3.11. The van der Waals surface area contributed by atoms with Crippen LogP contribution in [0, 0.1) is 6.92 Å². The molecule has 0 atom stereocenters. The molecule has 0 bridgehead atoms. The van der Waals surface area contributed by atoms with Gasteiger partial charge in [0.25, 0.3) is 0 Å². The number of carbonyl (C=O) groups is 1. The first-order chi connectivity index (χ1) is 11.0. The van der Waals surface area contributed by atoms with Gasteiger partial charge in [-0.2, -0.15) is 5.10 Å². The summed E-state index contributed by atoms with van der Waals surface area (Å²) in [6.07, 6.45) is 5.46. The second kappa shape index (κ2) is 6.12. The quantitative estimate of drug-likeness (QED) is 0.803. The third kappa shape index (κ3) is 3.18. The number of amides is 2. The third-order valence-electron chi connectivity index (χ3n) is 3.94. The van der Waals surface area contributed by atoms with Crippen LogP contribution in [0.3, 0.4) is 0 Å². The lowest BCUT2D eigenvalue weighted by Gasteiger charge is -2.18. The molecule has 120 valence electrons. The number of aromatic nitrogens is 4. The molecule has 2 aromatic heterocycles. The first kappa shape index (κ1) is 15.1. The third-order valence-corrected chi connectivity index (χ3v) is 3.94. The van der Waals surface area contributed by atoms with Gasteiger partial charge in [-0.15, -0.1) is 0 Å². The molecule has 0 aliphatic heterocycles. The number of benzene rings is 1. The maximum absolute atomic E-state index is 12.3. The predicted octanol–water partition coefficient (Wildman–Crippen LogP) is 2.24. The Morgan fingerprint density at radius 2 is 2.22 bits per heavy atom. The number of nitrogens with one attached hydrogen (secondary N) is 1. The van der Waals surface area contributed by atoms with Crippen molar-refractivity contribution in [3.8, 4) is 0 Å². The lowest BCUT2D eigenvalue weighted by atomic mass is 10.2. The summed E-state index contributed by atoms with van der Waals surface area (Å²) in [5, 5.41) is 8.12. The van der Waals surface area contributed by atoms with E-state index >= 15 is 0 Å². The predicted molar refractivity (Wildman–Crippen MR) is 89.3 cm³/mol. The molecule has 3 aromatic rings. The van der Waals surface area contributed by atoms with Crippen LogP contribution in [0.5, 0.6) is 0 Å². The van der Waals surface area contributed by atoms with Crippen LogP contribution in [0.1, 0.15) is 5.82 Å². The van der Waals surface area contributed by atoms with Gasteiger partial charge in [0.1, 0.15) is 5.82 Å². The summed E-state index contributed by atoms with van der Waals surface area (Å²) in [6, 6.07) is 5.63. The lowest BCUT2D eigenvalue weighted by molar-refractivity contribution is 0.220. The van der Waals surface area contributed by atoms with Crippen LogP contribution in [0.2, 0.25) is 0 Å². The molecule has 2 heterocycles. The van der Waals surface area contributed by atoms with E-state index in [0.717, 1.165) is 29.0 Å². The van der Waals surface area contributed by atoms with Crippen LogP contribution < -0.4 is 5.32 Å². The van der Waals surface area contributed by atoms with Crippen LogP contribution in [-0.4, -0.2) is 43.9 Å². The second-order valence-corrected chi connectivity index (χ2v) is 5.56. The molecule has 0 spiro atoms. The highest BCUT2D eigenvalue weighted by Crippen LogP contribution is 2.18. The normalized spacial score (nSPS) is 10.9. The van der Waals surface area contributed by atoms with Gasteiger partial charge in [0, 0.05) is 50.7 Å². The molecule has 1 N–H and O–H groups in total. The van der Waals surface area contributed by atoms with Crippen molar-refractivity contribution in [3.05, 3.63) is 42.6 Å². The minimum atomic E-state index is -0.133. The molecule has 0 saturated carbocycles. The first-order valence-corrected chi connectivity index (χ1v) is 7.46. The maximum atomic E-state index is 12.3. The van der Waals surface area contributed by atoms with Gasteiger partial charge in [-0.25, -0.2) is 9.78 Å². The number of anilines is 1. The summed E-state index contributed by atoms with van der Waals surface area (Å²) < 4.78 is 3.83. The van der Waals surface area contributed by atoms with E-state index in [1.807, 2.05) is 42.9 Å². The van der Waals surface area contributed by atoms with Gasteiger partial charge >= 0.3 is 6.03 Å². The monoisotopic (exact) mass is 312 g/mol. The smallest absolute Gasteiger partial charge is 0.321 e. The van der Waals surface area contributed by atoms with Crippen LogP contribution in [-0.2, 0) is 13.6 Å². The number of aryl methyl sites for hydroxylation is 2. The Morgan fingerprint density at radius 1 is 1.39 bits per heavy atom. The van der Waals surface area contributed by atoms with Gasteiger partial charge in [-0.3, -0.25) is 4.68 Å². The van der Waals surface area contributed by atoms with E-state index in [1.165, 1.54) is 0 Å². The largest absolute Gasteiger partial charge is 0.333 e. The Labute approximate surface area is 134 Å². The van der Waals surface area contributed by atoms with Crippen molar-refractivity contribution in [2.75, 3.05) is 18.9 Å². The lowest BCUT2D eigenvalue weighted by Crippen LogP contribution is -2.33. The molecule has 0 fully saturated rings. The van der Waals surface area contributed by atoms with E-state index in [1.54, 1.807) is 29.0 Å². The summed E-state index contributed by atoms with van der Waals surface area (Å²) in [4.78, 5) is 18.1. The Bertz CT molecular complexity index is 834. The molecule has 7 nitrogen and oxygen atoms in total. The molecule has 3 rings (SSSR count). The van der Waals surface area contributed by atoms with Crippen molar-refractivity contribution in [2.24, 2.45) is 7.05 Å². The second-order valence-electron chi connectivity index (χ2n) is 5.56. The molecule has 0 aliphatic rings.